The van der Waals surface area contributed by atoms with Gasteiger partial charge in [0.05, 0.1) is 0 Å². The molecule has 0 aliphatic heterocycles. The largest absolute Gasteiger partial charge is 0.530 e. The van der Waals surface area contributed by atoms with E-state index < -0.39 is 13.8 Å². The fourth-order valence-corrected chi connectivity index (χ4v) is 2.38. The van der Waals surface area contributed by atoms with Gasteiger partial charge in [0.25, 0.3) is 5.78 Å². The summed E-state index contributed by atoms with van der Waals surface area (Å²) in [6.45, 7) is 3.62. The van der Waals surface area contributed by atoms with E-state index in [1.165, 1.54) is 0 Å². The van der Waals surface area contributed by atoms with E-state index in [2.05, 4.69) is 5.32 Å². The Kier molecular flexibility index (Phi) is 5.96. The van der Waals surface area contributed by atoms with Crippen LogP contribution in [0.3, 0.4) is 0 Å². The lowest BCUT2D eigenvalue weighted by Crippen LogP contribution is -2.36. The normalized spacial score (nSPS) is 13.2. The molecule has 5 heteroatoms. The van der Waals surface area contributed by atoms with E-state index in [4.69, 9.17) is 4.89 Å². The smallest absolute Gasteiger partial charge is 0.310 e. The van der Waals surface area contributed by atoms with Crippen molar-refractivity contribution in [2.24, 2.45) is 5.92 Å². The minimum atomic E-state index is -2.38. The van der Waals surface area contributed by atoms with Crippen LogP contribution in [0.15, 0.2) is 30.3 Å². The fourth-order valence-electron chi connectivity index (χ4n) is 1.62. The maximum absolute atomic E-state index is 11.7. The van der Waals surface area contributed by atoms with E-state index >= 15 is 0 Å². The Morgan fingerprint density at radius 3 is 2.44 bits per heavy atom. The summed E-state index contributed by atoms with van der Waals surface area (Å²) in [6.07, 6.45) is 0.968. The third-order valence-electron chi connectivity index (χ3n) is 2.66. The number of hydrogen-bond donors (Lipinski definition) is 2. The Morgan fingerprint density at radius 1 is 1.33 bits per heavy atom. The highest BCUT2D eigenvalue weighted by Gasteiger charge is 2.33. The quantitative estimate of drug-likeness (QED) is 0.779. The molecule has 18 heavy (non-hydrogen) atoms. The summed E-state index contributed by atoms with van der Waals surface area (Å²) in [7, 11) is -2.38. The Balaban J connectivity index is 2.44. The lowest BCUT2D eigenvalue weighted by Gasteiger charge is -2.10. The SMILES string of the molecule is CC(C)C(NC(=O)CCc1ccccc1)[P+](=O)O. The number of carbonyl (C=O) groups excluding carboxylic acids is 1. The summed E-state index contributed by atoms with van der Waals surface area (Å²) in [6, 6.07) is 9.69. The molecule has 0 fully saturated rings. The number of aryl methyl sites for hydroxylation is 1. The lowest BCUT2D eigenvalue weighted by molar-refractivity contribution is -0.121. The first kappa shape index (κ1) is 14.8. The second kappa shape index (κ2) is 7.24. The second-order valence-corrected chi connectivity index (χ2v) is 5.71. The van der Waals surface area contributed by atoms with Crippen molar-refractivity contribution in [3.8, 4) is 0 Å². The third kappa shape index (κ3) is 4.94. The maximum atomic E-state index is 11.7. The highest BCUT2D eigenvalue weighted by molar-refractivity contribution is 7.38. The molecule has 0 heterocycles. The number of benzene rings is 1. The molecule has 1 rings (SSSR count). The molecule has 1 amide bonds. The highest BCUT2D eigenvalue weighted by atomic mass is 31.1. The summed E-state index contributed by atoms with van der Waals surface area (Å²) in [5.41, 5.74) is 1.09. The molecule has 2 unspecified atom stereocenters. The number of nitrogens with one attached hydrogen (secondary N) is 1. The van der Waals surface area contributed by atoms with Gasteiger partial charge in [-0.15, -0.1) is 0 Å². The molecule has 0 bridgehead atoms. The van der Waals surface area contributed by atoms with Crippen LogP contribution in [0.2, 0.25) is 0 Å². The summed E-state index contributed by atoms with van der Waals surface area (Å²) < 4.78 is 11.1. The number of rotatable bonds is 6. The van der Waals surface area contributed by atoms with Gasteiger partial charge in [-0.3, -0.25) is 4.79 Å². The first-order valence-corrected chi connectivity index (χ1v) is 7.27. The van der Waals surface area contributed by atoms with E-state index in [1.807, 2.05) is 44.2 Å². The van der Waals surface area contributed by atoms with Gasteiger partial charge in [-0.1, -0.05) is 44.2 Å². The average Bonchev–Trinajstić information content (AvgIpc) is 2.34. The molecule has 1 aromatic rings. The van der Waals surface area contributed by atoms with Gasteiger partial charge < -0.3 is 5.32 Å². The first-order valence-electron chi connectivity index (χ1n) is 5.99. The van der Waals surface area contributed by atoms with E-state index in [1.54, 1.807) is 0 Å². The van der Waals surface area contributed by atoms with Crippen LogP contribution in [0, 0.1) is 5.92 Å². The van der Waals surface area contributed by atoms with Crippen LogP contribution in [0.1, 0.15) is 25.8 Å². The van der Waals surface area contributed by atoms with Gasteiger partial charge in [0.1, 0.15) is 0 Å². The molecule has 0 spiro atoms. The zero-order valence-corrected chi connectivity index (χ0v) is 11.6. The molecule has 1 aromatic carbocycles. The first-order chi connectivity index (χ1) is 8.50. The Hall–Kier alpha value is -1.25. The van der Waals surface area contributed by atoms with Crippen molar-refractivity contribution < 1.29 is 14.3 Å². The lowest BCUT2D eigenvalue weighted by atomic mass is 10.1. The van der Waals surface area contributed by atoms with E-state index in [9.17, 15) is 9.36 Å². The predicted octanol–water partition coefficient (Wildman–Crippen LogP) is 2.45. The standard InChI is InChI=1S/C13H18NO3P/c1-10(2)13(18(16)17)14-12(15)9-8-11-6-4-3-5-7-11/h3-7,10,13H,8-9H2,1-2H3,(H-,14,15,16,17)/p+1. The molecule has 0 saturated carbocycles. The number of amides is 1. The topological polar surface area (TPSA) is 66.4 Å². The average molecular weight is 268 g/mol. The van der Waals surface area contributed by atoms with Crippen molar-refractivity contribution in [2.45, 2.75) is 32.5 Å². The Labute approximate surface area is 108 Å². The minimum Gasteiger partial charge on any atom is -0.310 e. The molecule has 0 aliphatic rings. The minimum absolute atomic E-state index is 0.0562. The molecule has 2 atom stereocenters. The number of hydrogen-bond acceptors (Lipinski definition) is 2. The highest BCUT2D eigenvalue weighted by Crippen LogP contribution is 2.26. The summed E-state index contributed by atoms with van der Waals surface area (Å²) in [5.74, 6) is -0.905. The van der Waals surface area contributed by atoms with Gasteiger partial charge in [-0.2, -0.15) is 4.89 Å². The van der Waals surface area contributed by atoms with E-state index in [-0.39, 0.29) is 11.8 Å². The molecule has 0 saturated heterocycles. The van der Waals surface area contributed by atoms with Gasteiger partial charge in [-0.05, 0) is 16.5 Å². The summed E-state index contributed by atoms with van der Waals surface area (Å²) in [5, 5.41) is 2.61. The van der Waals surface area contributed by atoms with Gasteiger partial charge in [0.2, 0.25) is 5.91 Å². The van der Waals surface area contributed by atoms with Crippen molar-refractivity contribution in [3.63, 3.8) is 0 Å². The molecule has 0 radical (unpaired) electrons. The monoisotopic (exact) mass is 268 g/mol. The maximum Gasteiger partial charge on any atom is 0.530 e. The van der Waals surface area contributed by atoms with Crippen LogP contribution in [-0.2, 0) is 15.8 Å². The van der Waals surface area contributed by atoms with E-state index in [0.29, 0.717) is 12.8 Å². The zero-order chi connectivity index (χ0) is 13.5. The molecule has 4 nitrogen and oxygen atoms in total. The van der Waals surface area contributed by atoms with Crippen molar-refractivity contribution in [1.29, 1.82) is 0 Å². The van der Waals surface area contributed by atoms with Crippen LogP contribution < -0.4 is 5.32 Å². The van der Waals surface area contributed by atoms with Crippen LogP contribution in [0.25, 0.3) is 0 Å². The van der Waals surface area contributed by atoms with Crippen LogP contribution in [0.4, 0.5) is 0 Å². The fraction of sp³-hybridized carbons (Fsp3) is 0.462. The molecular formula is C13H19NO3P+. The Morgan fingerprint density at radius 2 is 1.94 bits per heavy atom. The molecule has 0 aromatic heterocycles. The van der Waals surface area contributed by atoms with Crippen molar-refractivity contribution in [2.75, 3.05) is 0 Å². The summed E-state index contributed by atoms with van der Waals surface area (Å²) >= 11 is 0. The number of carbonyl (C=O) groups is 1. The predicted molar refractivity (Wildman–Crippen MR) is 71.4 cm³/mol. The van der Waals surface area contributed by atoms with Crippen molar-refractivity contribution in [1.82, 2.24) is 5.32 Å². The molecule has 0 aliphatic carbocycles. The molecule has 2 N–H and O–H groups in total. The molecular weight excluding hydrogens is 249 g/mol. The van der Waals surface area contributed by atoms with E-state index in [0.717, 1.165) is 5.56 Å². The van der Waals surface area contributed by atoms with Gasteiger partial charge >= 0.3 is 8.03 Å². The van der Waals surface area contributed by atoms with Gasteiger partial charge in [-0.25, -0.2) is 0 Å². The van der Waals surface area contributed by atoms with Crippen molar-refractivity contribution in [3.05, 3.63) is 35.9 Å². The zero-order valence-electron chi connectivity index (χ0n) is 10.7. The second-order valence-electron chi connectivity index (χ2n) is 4.54. The Bertz CT molecular complexity index is 406. The van der Waals surface area contributed by atoms with Crippen LogP contribution >= 0.6 is 8.03 Å². The molecule has 98 valence electrons. The van der Waals surface area contributed by atoms with Crippen LogP contribution in [0.5, 0.6) is 0 Å². The summed E-state index contributed by atoms with van der Waals surface area (Å²) in [4.78, 5) is 20.8. The third-order valence-corrected chi connectivity index (χ3v) is 3.86. The van der Waals surface area contributed by atoms with Crippen molar-refractivity contribution >= 4 is 13.9 Å². The van der Waals surface area contributed by atoms with Gasteiger partial charge in [0.15, 0.2) is 0 Å². The van der Waals surface area contributed by atoms with Gasteiger partial charge in [0, 0.05) is 12.3 Å². The van der Waals surface area contributed by atoms with Crippen LogP contribution in [-0.4, -0.2) is 16.6 Å².